The van der Waals surface area contributed by atoms with E-state index >= 15 is 0 Å². The molecule has 1 unspecified atom stereocenters. The van der Waals surface area contributed by atoms with Crippen LogP contribution < -0.4 is 0 Å². The first-order valence-electron chi connectivity index (χ1n) is 5.50. The summed E-state index contributed by atoms with van der Waals surface area (Å²) < 4.78 is 0. The van der Waals surface area contributed by atoms with Gasteiger partial charge in [0.2, 0.25) is 0 Å². The second-order valence-electron chi connectivity index (χ2n) is 4.04. The molecule has 0 aromatic rings. The smallest absolute Gasteiger partial charge is 0.146 e. The standard InChI is InChI=1S/C11H21NO/c1-3-10-6-5-7-12(8-10)9-11(13)4-2/h10H,3-9H2,1-2H3. The van der Waals surface area contributed by atoms with E-state index < -0.39 is 0 Å². The van der Waals surface area contributed by atoms with Gasteiger partial charge in [0.05, 0.1) is 6.54 Å². The van der Waals surface area contributed by atoms with Crippen LogP contribution in [-0.2, 0) is 4.79 Å². The summed E-state index contributed by atoms with van der Waals surface area (Å²) >= 11 is 0. The maximum absolute atomic E-state index is 11.2. The minimum atomic E-state index is 0.386. The van der Waals surface area contributed by atoms with Crippen molar-refractivity contribution in [3.8, 4) is 0 Å². The summed E-state index contributed by atoms with van der Waals surface area (Å²) in [6.45, 7) is 7.15. The molecular weight excluding hydrogens is 162 g/mol. The first-order valence-corrected chi connectivity index (χ1v) is 5.50. The molecule has 0 saturated carbocycles. The minimum Gasteiger partial charge on any atom is -0.298 e. The fourth-order valence-corrected chi connectivity index (χ4v) is 1.99. The molecule has 0 aromatic heterocycles. The molecule has 0 aromatic carbocycles. The zero-order valence-electron chi connectivity index (χ0n) is 8.88. The number of Topliss-reactive ketones (excluding diaryl/α,β-unsaturated/α-hetero) is 1. The van der Waals surface area contributed by atoms with E-state index in [4.69, 9.17) is 0 Å². The molecule has 0 amide bonds. The van der Waals surface area contributed by atoms with E-state index in [1.165, 1.54) is 19.3 Å². The van der Waals surface area contributed by atoms with Gasteiger partial charge >= 0.3 is 0 Å². The van der Waals surface area contributed by atoms with Crippen molar-refractivity contribution in [3.05, 3.63) is 0 Å². The molecule has 0 spiro atoms. The number of ketones is 1. The fourth-order valence-electron chi connectivity index (χ4n) is 1.99. The molecule has 0 radical (unpaired) electrons. The van der Waals surface area contributed by atoms with Crippen molar-refractivity contribution in [1.82, 2.24) is 4.90 Å². The molecular formula is C11H21NO. The molecule has 76 valence electrons. The second-order valence-corrected chi connectivity index (χ2v) is 4.04. The predicted molar refractivity (Wildman–Crippen MR) is 54.8 cm³/mol. The summed E-state index contributed by atoms with van der Waals surface area (Å²) in [5.74, 6) is 1.22. The molecule has 1 fully saturated rings. The monoisotopic (exact) mass is 183 g/mol. The zero-order valence-corrected chi connectivity index (χ0v) is 8.88. The predicted octanol–water partition coefficient (Wildman–Crippen LogP) is 2.09. The lowest BCUT2D eigenvalue weighted by Crippen LogP contribution is -2.38. The molecule has 2 nitrogen and oxygen atoms in total. The Morgan fingerprint density at radius 1 is 1.46 bits per heavy atom. The summed E-state index contributed by atoms with van der Waals surface area (Å²) in [5.41, 5.74) is 0. The number of carbonyl (C=O) groups is 1. The third kappa shape index (κ3) is 3.47. The normalized spacial score (nSPS) is 24.6. The van der Waals surface area contributed by atoms with Crippen molar-refractivity contribution >= 4 is 5.78 Å². The highest BCUT2D eigenvalue weighted by Gasteiger charge is 2.19. The summed E-state index contributed by atoms with van der Waals surface area (Å²) in [4.78, 5) is 13.6. The van der Waals surface area contributed by atoms with Crippen molar-refractivity contribution in [1.29, 1.82) is 0 Å². The molecule has 1 aliphatic rings. The Labute approximate surface area is 81.3 Å². The Morgan fingerprint density at radius 2 is 2.23 bits per heavy atom. The lowest BCUT2D eigenvalue weighted by molar-refractivity contribution is -0.120. The van der Waals surface area contributed by atoms with Gasteiger partial charge in [-0.25, -0.2) is 0 Å². The van der Waals surface area contributed by atoms with E-state index in [2.05, 4.69) is 11.8 Å². The van der Waals surface area contributed by atoms with Crippen molar-refractivity contribution < 1.29 is 4.79 Å². The molecule has 1 heterocycles. The molecule has 1 saturated heterocycles. The molecule has 1 atom stereocenters. The van der Waals surface area contributed by atoms with Crippen LogP contribution in [0.25, 0.3) is 0 Å². The topological polar surface area (TPSA) is 20.3 Å². The third-order valence-corrected chi connectivity index (χ3v) is 2.97. The van der Waals surface area contributed by atoms with Crippen LogP contribution in [-0.4, -0.2) is 30.3 Å². The number of hydrogen-bond donors (Lipinski definition) is 0. The van der Waals surface area contributed by atoms with Crippen LogP contribution in [0.3, 0.4) is 0 Å². The fraction of sp³-hybridized carbons (Fsp3) is 0.909. The number of nitrogens with zero attached hydrogens (tertiary/aromatic N) is 1. The van der Waals surface area contributed by atoms with E-state index in [1.807, 2.05) is 6.92 Å². The Balaban J connectivity index is 2.29. The lowest BCUT2D eigenvalue weighted by Gasteiger charge is -2.31. The van der Waals surface area contributed by atoms with E-state index in [1.54, 1.807) is 0 Å². The van der Waals surface area contributed by atoms with Gasteiger partial charge in [-0.05, 0) is 25.3 Å². The number of likely N-dealkylation sites (tertiary alicyclic amines) is 1. The van der Waals surface area contributed by atoms with Crippen molar-refractivity contribution in [2.75, 3.05) is 19.6 Å². The van der Waals surface area contributed by atoms with Gasteiger partial charge in [0.1, 0.15) is 5.78 Å². The first kappa shape index (κ1) is 10.7. The third-order valence-electron chi connectivity index (χ3n) is 2.97. The summed E-state index contributed by atoms with van der Waals surface area (Å²) in [6.07, 6.45) is 4.58. The Morgan fingerprint density at radius 3 is 2.85 bits per heavy atom. The van der Waals surface area contributed by atoms with Gasteiger partial charge in [0, 0.05) is 13.0 Å². The van der Waals surface area contributed by atoms with E-state index in [-0.39, 0.29) is 0 Å². The van der Waals surface area contributed by atoms with Gasteiger partial charge in [-0.3, -0.25) is 9.69 Å². The van der Waals surface area contributed by atoms with Gasteiger partial charge in [0.15, 0.2) is 0 Å². The Hall–Kier alpha value is -0.370. The molecule has 13 heavy (non-hydrogen) atoms. The first-order chi connectivity index (χ1) is 6.26. The zero-order chi connectivity index (χ0) is 9.68. The van der Waals surface area contributed by atoms with E-state index in [0.29, 0.717) is 18.7 Å². The van der Waals surface area contributed by atoms with Crippen LogP contribution >= 0.6 is 0 Å². The Bertz CT molecular complexity index is 167. The average Bonchev–Trinajstić information content (AvgIpc) is 2.18. The van der Waals surface area contributed by atoms with Crippen LogP contribution in [0.4, 0.5) is 0 Å². The summed E-state index contributed by atoms with van der Waals surface area (Å²) in [7, 11) is 0. The molecule has 0 N–H and O–H groups in total. The number of rotatable bonds is 4. The Kier molecular flexibility index (Phi) is 4.43. The van der Waals surface area contributed by atoms with Crippen LogP contribution in [0.1, 0.15) is 39.5 Å². The summed E-state index contributed by atoms with van der Waals surface area (Å²) in [5, 5.41) is 0. The van der Waals surface area contributed by atoms with Gasteiger partial charge in [0.25, 0.3) is 0 Å². The van der Waals surface area contributed by atoms with Gasteiger partial charge in [-0.2, -0.15) is 0 Å². The van der Waals surface area contributed by atoms with Crippen LogP contribution in [0.15, 0.2) is 0 Å². The highest BCUT2D eigenvalue weighted by molar-refractivity contribution is 5.80. The number of piperidine rings is 1. The highest BCUT2D eigenvalue weighted by atomic mass is 16.1. The van der Waals surface area contributed by atoms with Crippen molar-refractivity contribution in [3.63, 3.8) is 0 Å². The largest absolute Gasteiger partial charge is 0.298 e. The molecule has 1 aliphatic heterocycles. The molecule has 2 heteroatoms. The lowest BCUT2D eigenvalue weighted by atomic mass is 9.95. The quantitative estimate of drug-likeness (QED) is 0.665. The maximum atomic E-state index is 11.2. The molecule has 1 rings (SSSR count). The van der Waals surface area contributed by atoms with Crippen molar-refractivity contribution in [2.24, 2.45) is 5.92 Å². The SMILES string of the molecule is CCC(=O)CN1CCCC(CC)C1. The molecule has 0 aliphatic carbocycles. The molecule has 0 bridgehead atoms. The number of carbonyl (C=O) groups excluding carboxylic acids is 1. The average molecular weight is 183 g/mol. The maximum Gasteiger partial charge on any atom is 0.146 e. The van der Waals surface area contributed by atoms with Crippen LogP contribution in [0.2, 0.25) is 0 Å². The minimum absolute atomic E-state index is 0.386. The van der Waals surface area contributed by atoms with Crippen LogP contribution in [0.5, 0.6) is 0 Å². The van der Waals surface area contributed by atoms with Gasteiger partial charge < -0.3 is 0 Å². The highest BCUT2D eigenvalue weighted by Crippen LogP contribution is 2.18. The van der Waals surface area contributed by atoms with Crippen molar-refractivity contribution in [2.45, 2.75) is 39.5 Å². The summed E-state index contributed by atoms with van der Waals surface area (Å²) in [6, 6.07) is 0. The number of hydrogen-bond acceptors (Lipinski definition) is 2. The van der Waals surface area contributed by atoms with E-state index in [9.17, 15) is 4.79 Å². The van der Waals surface area contributed by atoms with Gasteiger partial charge in [-0.15, -0.1) is 0 Å². The van der Waals surface area contributed by atoms with Gasteiger partial charge in [-0.1, -0.05) is 20.3 Å². The van der Waals surface area contributed by atoms with E-state index in [0.717, 1.165) is 19.0 Å². The second kappa shape index (κ2) is 5.38. The van der Waals surface area contributed by atoms with Crippen LogP contribution in [0, 0.1) is 5.92 Å².